The van der Waals surface area contributed by atoms with Gasteiger partial charge in [-0.05, 0) is 5.56 Å². The topological polar surface area (TPSA) is 75.4 Å². The first-order valence-electron chi connectivity index (χ1n) is 5.08. The minimum Gasteiger partial charge on any atom is -0.275 e. The van der Waals surface area contributed by atoms with Crippen molar-refractivity contribution in [2.75, 3.05) is 6.54 Å². The van der Waals surface area contributed by atoms with E-state index in [1.54, 1.807) is 0 Å². The van der Waals surface area contributed by atoms with E-state index >= 15 is 0 Å². The standard InChI is InChI=1S/C11H13N3O2/c12-13-11(16)14-7-9(6-10(14)15)8-4-2-1-3-5-8/h1-5,9H,6-7,12H2,(H,13,16)/t9-/m1/s1. The highest BCUT2D eigenvalue weighted by Gasteiger charge is 2.34. The molecule has 3 N–H and O–H groups in total. The van der Waals surface area contributed by atoms with Gasteiger partial charge in [0.15, 0.2) is 0 Å². The van der Waals surface area contributed by atoms with Gasteiger partial charge in [-0.2, -0.15) is 0 Å². The van der Waals surface area contributed by atoms with Gasteiger partial charge in [0.25, 0.3) is 0 Å². The molecule has 5 heteroatoms. The Bertz CT molecular complexity index is 405. The molecule has 0 saturated carbocycles. The predicted octanol–water partition coefficient (Wildman–Crippen LogP) is 0.586. The molecule has 0 spiro atoms. The summed E-state index contributed by atoms with van der Waals surface area (Å²) in [5.41, 5.74) is 3.05. The lowest BCUT2D eigenvalue weighted by molar-refractivity contribution is -0.125. The van der Waals surface area contributed by atoms with Gasteiger partial charge < -0.3 is 0 Å². The van der Waals surface area contributed by atoms with E-state index in [1.807, 2.05) is 35.8 Å². The van der Waals surface area contributed by atoms with Crippen molar-refractivity contribution in [3.63, 3.8) is 0 Å². The number of nitrogens with zero attached hydrogens (tertiary/aromatic N) is 1. The molecule has 1 heterocycles. The summed E-state index contributed by atoms with van der Waals surface area (Å²) in [5, 5.41) is 0. The Labute approximate surface area is 93.2 Å². The van der Waals surface area contributed by atoms with Crippen molar-refractivity contribution in [3.8, 4) is 0 Å². The number of likely N-dealkylation sites (tertiary alicyclic amines) is 1. The van der Waals surface area contributed by atoms with Crippen molar-refractivity contribution in [1.82, 2.24) is 10.3 Å². The number of benzene rings is 1. The van der Waals surface area contributed by atoms with Gasteiger partial charge in [-0.3, -0.25) is 15.1 Å². The fourth-order valence-electron chi connectivity index (χ4n) is 1.93. The molecule has 1 saturated heterocycles. The third-order valence-electron chi connectivity index (χ3n) is 2.76. The highest BCUT2D eigenvalue weighted by atomic mass is 16.2. The number of hydrazine groups is 1. The number of hydrogen-bond acceptors (Lipinski definition) is 3. The molecule has 0 aliphatic carbocycles. The molecule has 5 nitrogen and oxygen atoms in total. The SMILES string of the molecule is NNC(=O)N1C[C@H](c2ccccc2)CC1=O. The van der Waals surface area contributed by atoms with Crippen LogP contribution < -0.4 is 11.3 Å². The monoisotopic (exact) mass is 219 g/mol. The van der Waals surface area contributed by atoms with Gasteiger partial charge in [0.05, 0.1) is 0 Å². The second-order valence-corrected chi connectivity index (χ2v) is 3.77. The lowest BCUT2D eigenvalue weighted by atomic mass is 9.99. The average Bonchev–Trinajstić information content (AvgIpc) is 2.71. The molecule has 0 radical (unpaired) electrons. The van der Waals surface area contributed by atoms with Crippen LogP contribution in [0.3, 0.4) is 0 Å². The number of hydrogen-bond donors (Lipinski definition) is 2. The first-order chi connectivity index (χ1) is 7.72. The van der Waals surface area contributed by atoms with Crippen LogP contribution in [0.25, 0.3) is 0 Å². The van der Waals surface area contributed by atoms with E-state index in [0.717, 1.165) is 10.5 Å². The zero-order valence-corrected chi connectivity index (χ0v) is 8.72. The number of imide groups is 1. The molecular weight excluding hydrogens is 206 g/mol. The van der Waals surface area contributed by atoms with Crippen LogP contribution in [0.5, 0.6) is 0 Å². The Morgan fingerprint density at radius 1 is 1.38 bits per heavy atom. The van der Waals surface area contributed by atoms with Crippen LogP contribution in [0.15, 0.2) is 30.3 Å². The average molecular weight is 219 g/mol. The van der Waals surface area contributed by atoms with E-state index in [1.165, 1.54) is 0 Å². The van der Waals surface area contributed by atoms with Crippen LogP contribution in [0.2, 0.25) is 0 Å². The largest absolute Gasteiger partial charge is 0.338 e. The van der Waals surface area contributed by atoms with E-state index < -0.39 is 6.03 Å². The molecular formula is C11H13N3O2. The van der Waals surface area contributed by atoms with E-state index in [-0.39, 0.29) is 11.8 Å². The van der Waals surface area contributed by atoms with Gasteiger partial charge >= 0.3 is 6.03 Å². The minimum atomic E-state index is -0.538. The number of nitrogens with two attached hydrogens (primary N) is 1. The second-order valence-electron chi connectivity index (χ2n) is 3.77. The summed E-state index contributed by atoms with van der Waals surface area (Å²) in [5.74, 6) is 4.90. The Morgan fingerprint density at radius 3 is 2.69 bits per heavy atom. The quantitative estimate of drug-likeness (QED) is 0.412. The van der Waals surface area contributed by atoms with Gasteiger partial charge in [-0.25, -0.2) is 10.6 Å². The van der Waals surface area contributed by atoms with Crippen LogP contribution >= 0.6 is 0 Å². The Morgan fingerprint density at radius 2 is 2.06 bits per heavy atom. The van der Waals surface area contributed by atoms with Crippen molar-refractivity contribution in [3.05, 3.63) is 35.9 Å². The highest BCUT2D eigenvalue weighted by Crippen LogP contribution is 2.27. The Hall–Kier alpha value is -1.88. The molecule has 0 bridgehead atoms. The summed E-state index contributed by atoms with van der Waals surface area (Å²) in [6, 6.07) is 9.15. The number of rotatable bonds is 1. The van der Waals surface area contributed by atoms with E-state index in [4.69, 9.17) is 5.84 Å². The minimum absolute atomic E-state index is 0.0750. The normalized spacial score (nSPS) is 19.9. The number of urea groups is 1. The fraction of sp³-hybridized carbons (Fsp3) is 0.273. The third-order valence-corrected chi connectivity index (χ3v) is 2.76. The van der Waals surface area contributed by atoms with Crippen molar-refractivity contribution >= 4 is 11.9 Å². The fourth-order valence-corrected chi connectivity index (χ4v) is 1.93. The van der Waals surface area contributed by atoms with Gasteiger partial charge in [0.2, 0.25) is 5.91 Å². The summed E-state index contributed by atoms with van der Waals surface area (Å²) < 4.78 is 0. The van der Waals surface area contributed by atoms with Crippen molar-refractivity contribution < 1.29 is 9.59 Å². The summed E-state index contributed by atoms with van der Waals surface area (Å²) >= 11 is 0. The van der Waals surface area contributed by atoms with Crippen LogP contribution in [-0.2, 0) is 4.79 Å². The van der Waals surface area contributed by atoms with Crippen LogP contribution in [-0.4, -0.2) is 23.4 Å². The van der Waals surface area contributed by atoms with E-state index in [0.29, 0.717) is 13.0 Å². The van der Waals surface area contributed by atoms with Crippen molar-refractivity contribution in [2.45, 2.75) is 12.3 Å². The third kappa shape index (κ3) is 1.90. The molecule has 1 aromatic carbocycles. The summed E-state index contributed by atoms with van der Waals surface area (Å²) in [7, 11) is 0. The van der Waals surface area contributed by atoms with Gasteiger partial charge in [-0.1, -0.05) is 30.3 Å². The molecule has 2 rings (SSSR count). The van der Waals surface area contributed by atoms with Gasteiger partial charge in [0, 0.05) is 18.9 Å². The Balaban J connectivity index is 2.13. The number of nitrogens with one attached hydrogen (secondary N) is 1. The smallest absolute Gasteiger partial charge is 0.275 e. The maximum Gasteiger partial charge on any atom is 0.338 e. The van der Waals surface area contributed by atoms with E-state index in [9.17, 15) is 9.59 Å². The first-order valence-corrected chi connectivity index (χ1v) is 5.08. The summed E-state index contributed by atoms with van der Waals surface area (Å²) in [4.78, 5) is 24.0. The zero-order valence-electron chi connectivity index (χ0n) is 8.72. The molecule has 84 valence electrons. The molecule has 1 fully saturated rings. The predicted molar refractivity (Wildman–Crippen MR) is 58.2 cm³/mol. The number of carbonyl (C=O) groups is 2. The summed E-state index contributed by atoms with van der Waals surface area (Å²) in [6.45, 7) is 0.395. The van der Waals surface area contributed by atoms with E-state index in [2.05, 4.69) is 0 Å². The van der Waals surface area contributed by atoms with Crippen molar-refractivity contribution in [1.29, 1.82) is 0 Å². The molecule has 16 heavy (non-hydrogen) atoms. The van der Waals surface area contributed by atoms with Crippen LogP contribution in [0, 0.1) is 0 Å². The molecule has 1 aliphatic heterocycles. The first kappa shape index (κ1) is 10.6. The Kier molecular flexibility index (Phi) is 2.87. The van der Waals surface area contributed by atoms with Gasteiger partial charge in [0.1, 0.15) is 0 Å². The number of carbonyl (C=O) groups excluding carboxylic acids is 2. The molecule has 3 amide bonds. The molecule has 0 unspecified atom stereocenters. The molecule has 1 aliphatic rings. The highest BCUT2D eigenvalue weighted by molar-refractivity contribution is 5.96. The number of amides is 3. The maximum atomic E-state index is 11.6. The van der Waals surface area contributed by atoms with Crippen molar-refractivity contribution in [2.24, 2.45) is 5.84 Å². The lowest BCUT2D eigenvalue weighted by Gasteiger charge is -2.13. The lowest BCUT2D eigenvalue weighted by Crippen LogP contribution is -2.44. The summed E-state index contributed by atoms with van der Waals surface area (Å²) in [6.07, 6.45) is 0.359. The van der Waals surface area contributed by atoms with Gasteiger partial charge in [-0.15, -0.1) is 0 Å². The van der Waals surface area contributed by atoms with Crippen LogP contribution in [0.1, 0.15) is 17.9 Å². The molecule has 1 aromatic rings. The second kappa shape index (κ2) is 4.32. The van der Waals surface area contributed by atoms with Crippen LogP contribution in [0.4, 0.5) is 4.79 Å². The molecule has 0 aromatic heterocycles. The molecule has 1 atom stereocenters. The zero-order chi connectivity index (χ0) is 11.5. The maximum absolute atomic E-state index is 11.6.